The molecule has 0 heterocycles. The Morgan fingerprint density at radius 2 is 1.77 bits per heavy atom. The van der Waals surface area contributed by atoms with Crippen LogP contribution in [0.5, 0.6) is 0 Å². The van der Waals surface area contributed by atoms with Crippen molar-refractivity contribution in [2.45, 2.75) is 46.6 Å². The number of aryl methyl sites for hydroxylation is 3. The molecule has 1 amide bonds. The first-order chi connectivity index (χ1) is 14.4. The van der Waals surface area contributed by atoms with Gasteiger partial charge in [0.15, 0.2) is 0 Å². The third kappa shape index (κ3) is 6.52. The molecule has 31 heavy (non-hydrogen) atoms. The van der Waals surface area contributed by atoms with E-state index in [1.165, 1.54) is 29.8 Å². The first kappa shape index (κ1) is 24.3. The predicted molar refractivity (Wildman–Crippen MR) is 122 cm³/mol. The Labute approximate surface area is 183 Å². The predicted octanol–water partition coefficient (Wildman–Crippen LogP) is 3.94. The molecule has 0 radical (unpaired) electrons. The van der Waals surface area contributed by atoms with Gasteiger partial charge in [0.2, 0.25) is 15.9 Å². The molecule has 2 rings (SSSR count). The standard InChI is InChI=1S/C22H29N3O5S/c1-15-12-17(3)21(13-16(15)2)18(4)23-22(26)10-7-11-24(31(5,29)30)19-8-6-9-20(14-19)25(27)28/h6,8-9,12-14,18H,7,10-11H2,1-5H3,(H,23,26)/t18-/m1/s1. The molecular weight excluding hydrogens is 418 g/mol. The van der Waals surface area contributed by atoms with Crippen molar-refractivity contribution in [2.24, 2.45) is 0 Å². The summed E-state index contributed by atoms with van der Waals surface area (Å²) in [7, 11) is -3.66. The number of amides is 1. The summed E-state index contributed by atoms with van der Waals surface area (Å²) in [5.41, 5.74) is 4.51. The maximum atomic E-state index is 12.4. The van der Waals surface area contributed by atoms with E-state index in [1.54, 1.807) is 0 Å². The zero-order chi connectivity index (χ0) is 23.3. The van der Waals surface area contributed by atoms with Crippen LogP contribution in [0.25, 0.3) is 0 Å². The molecule has 0 bridgehead atoms. The molecule has 0 saturated carbocycles. The highest BCUT2D eigenvalue weighted by molar-refractivity contribution is 7.92. The van der Waals surface area contributed by atoms with Gasteiger partial charge in [-0.2, -0.15) is 0 Å². The van der Waals surface area contributed by atoms with E-state index in [4.69, 9.17) is 0 Å². The summed E-state index contributed by atoms with van der Waals surface area (Å²) in [6, 6.07) is 9.44. The fourth-order valence-corrected chi connectivity index (χ4v) is 4.43. The van der Waals surface area contributed by atoms with Gasteiger partial charge < -0.3 is 5.32 Å². The molecule has 1 atom stereocenters. The maximum Gasteiger partial charge on any atom is 0.271 e. The molecule has 2 aromatic rings. The minimum atomic E-state index is -3.66. The molecule has 0 aliphatic carbocycles. The highest BCUT2D eigenvalue weighted by Gasteiger charge is 2.20. The van der Waals surface area contributed by atoms with E-state index in [9.17, 15) is 23.3 Å². The number of carbonyl (C=O) groups excluding carboxylic acids is 1. The third-order valence-corrected chi connectivity index (χ3v) is 6.41. The van der Waals surface area contributed by atoms with Crippen LogP contribution < -0.4 is 9.62 Å². The van der Waals surface area contributed by atoms with Crippen molar-refractivity contribution in [1.82, 2.24) is 5.32 Å². The highest BCUT2D eigenvalue weighted by Crippen LogP contribution is 2.24. The number of hydrogen-bond acceptors (Lipinski definition) is 5. The summed E-state index contributed by atoms with van der Waals surface area (Å²) in [6.07, 6.45) is 1.45. The Balaban J connectivity index is 2.03. The second-order valence-electron chi connectivity index (χ2n) is 7.80. The van der Waals surface area contributed by atoms with Crippen LogP contribution in [0.2, 0.25) is 0 Å². The molecule has 168 valence electrons. The molecule has 0 aromatic heterocycles. The van der Waals surface area contributed by atoms with Crippen molar-refractivity contribution < 1.29 is 18.1 Å². The average Bonchev–Trinajstić information content (AvgIpc) is 2.67. The molecular formula is C22H29N3O5S. The second-order valence-corrected chi connectivity index (χ2v) is 9.70. The zero-order valence-electron chi connectivity index (χ0n) is 18.5. The number of non-ortho nitro benzene ring substituents is 1. The van der Waals surface area contributed by atoms with E-state index < -0.39 is 14.9 Å². The number of sulfonamides is 1. The quantitative estimate of drug-likeness (QED) is 0.462. The summed E-state index contributed by atoms with van der Waals surface area (Å²) < 4.78 is 25.5. The molecule has 0 unspecified atom stereocenters. The number of anilines is 1. The van der Waals surface area contributed by atoms with E-state index in [2.05, 4.69) is 17.4 Å². The van der Waals surface area contributed by atoms with Gasteiger partial charge in [-0.15, -0.1) is 0 Å². The lowest BCUT2D eigenvalue weighted by Crippen LogP contribution is -2.32. The topological polar surface area (TPSA) is 110 Å². The maximum absolute atomic E-state index is 12.4. The van der Waals surface area contributed by atoms with Gasteiger partial charge in [-0.05, 0) is 62.4 Å². The van der Waals surface area contributed by atoms with Gasteiger partial charge in [-0.1, -0.05) is 18.2 Å². The van der Waals surface area contributed by atoms with E-state index in [-0.39, 0.29) is 42.7 Å². The van der Waals surface area contributed by atoms with Crippen LogP contribution in [-0.4, -0.2) is 32.0 Å². The number of nitro benzene ring substituents is 1. The summed E-state index contributed by atoms with van der Waals surface area (Å²) in [6.45, 7) is 8.05. The molecule has 9 heteroatoms. The SMILES string of the molecule is Cc1cc(C)c([C@@H](C)NC(=O)CCCN(c2cccc([N+](=O)[O-])c2)S(C)(=O)=O)cc1C. The number of benzene rings is 2. The van der Waals surface area contributed by atoms with E-state index in [0.717, 1.165) is 27.3 Å². The second kappa shape index (κ2) is 9.91. The van der Waals surface area contributed by atoms with Crippen molar-refractivity contribution >= 4 is 27.3 Å². The van der Waals surface area contributed by atoms with Crippen molar-refractivity contribution in [2.75, 3.05) is 17.1 Å². The normalized spacial score (nSPS) is 12.3. The van der Waals surface area contributed by atoms with Crippen LogP contribution in [0.3, 0.4) is 0 Å². The molecule has 0 aliphatic rings. The van der Waals surface area contributed by atoms with E-state index in [0.29, 0.717) is 0 Å². The number of nitrogens with one attached hydrogen (secondary N) is 1. The number of nitro groups is 1. The number of hydrogen-bond donors (Lipinski definition) is 1. The fraction of sp³-hybridized carbons (Fsp3) is 0.409. The first-order valence-electron chi connectivity index (χ1n) is 9.99. The molecule has 0 aliphatic heterocycles. The Morgan fingerprint density at radius 3 is 2.39 bits per heavy atom. The van der Waals surface area contributed by atoms with Gasteiger partial charge >= 0.3 is 0 Å². The molecule has 0 spiro atoms. The van der Waals surface area contributed by atoms with Crippen LogP contribution >= 0.6 is 0 Å². The number of carbonyl (C=O) groups is 1. The summed E-state index contributed by atoms with van der Waals surface area (Å²) in [5, 5.41) is 14.0. The van der Waals surface area contributed by atoms with Crippen LogP contribution in [-0.2, 0) is 14.8 Å². The van der Waals surface area contributed by atoms with Gasteiger partial charge in [0.05, 0.1) is 22.9 Å². The summed E-state index contributed by atoms with van der Waals surface area (Å²) >= 11 is 0. The van der Waals surface area contributed by atoms with Crippen molar-refractivity contribution in [1.29, 1.82) is 0 Å². The first-order valence-corrected chi connectivity index (χ1v) is 11.8. The van der Waals surface area contributed by atoms with Gasteiger partial charge in [0, 0.05) is 25.1 Å². The third-order valence-electron chi connectivity index (χ3n) is 5.22. The molecule has 1 N–H and O–H groups in total. The molecule has 2 aromatic carbocycles. The minimum Gasteiger partial charge on any atom is -0.350 e. The van der Waals surface area contributed by atoms with Crippen molar-refractivity contribution in [3.63, 3.8) is 0 Å². The van der Waals surface area contributed by atoms with Gasteiger partial charge in [0.1, 0.15) is 0 Å². The Morgan fingerprint density at radius 1 is 1.13 bits per heavy atom. The Kier molecular flexibility index (Phi) is 7.78. The van der Waals surface area contributed by atoms with E-state index in [1.807, 2.05) is 27.7 Å². The fourth-order valence-electron chi connectivity index (χ4n) is 3.47. The Bertz CT molecular complexity index is 1080. The molecule has 0 fully saturated rings. The summed E-state index contributed by atoms with van der Waals surface area (Å²) in [5.74, 6) is -0.183. The van der Waals surface area contributed by atoms with E-state index >= 15 is 0 Å². The number of nitrogens with zero attached hydrogens (tertiary/aromatic N) is 2. The van der Waals surface area contributed by atoms with Crippen LogP contribution in [0.1, 0.15) is 48.1 Å². The van der Waals surface area contributed by atoms with Crippen LogP contribution in [0.4, 0.5) is 11.4 Å². The monoisotopic (exact) mass is 447 g/mol. The lowest BCUT2D eigenvalue weighted by Gasteiger charge is -2.22. The lowest BCUT2D eigenvalue weighted by atomic mass is 9.96. The van der Waals surface area contributed by atoms with Gasteiger partial charge in [-0.3, -0.25) is 19.2 Å². The highest BCUT2D eigenvalue weighted by atomic mass is 32.2. The lowest BCUT2D eigenvalue weighted by molar-refractivity contribution is -0.384. The van der Waals surface area contributed by atoms with Gasteiger partial charge in [0.25, 0.3) is 5.69 Å². The molecule has 0 saturated heterocycles. The van der Waals surface area contributed by atoms with Crippen molar-refractivity contribution in [3.8, 4) is 0 Å². The Hall–Kier alpha value is -2.94. The zero-order valence-corrected chi connectivity index (χ0v) is 19.3. The average molecular weight is 448 g/mol. The van der Waals surface area contributed by atoms with Gasteiger partial charge in [-0.25, -0.2) is 8.42 Å². The van der Waals surface area contributed by atoms with Crippen LogP contribution in [0.15, 0.2) is 36.4 Å². The summed E-state index contributed by atoms with van der Waals surface area (Å²) in [4.78, 5) is 22.9. The minimum absolute atomic E-state index is 0.0461. The van der Waals surface area contributed by atoms with Crippen LogP contribution in [0, 0.1) is 30.9 Å². The van der Waals surface area contributed by atoms with Crippen molar-refractivity contribution in [3.05, 3.63) is 68.8 Å². The number of rotatable bonds is 9. The smallest absolute Gasteiger partial charge is 0.271 e. The molecule has 8 nitrogen and oxygen atoms in total. The largest absolute Gasteiger partial charge is 0.350 e.